The first-order valence-electron chi connectivity index (χ1n) is 19.4. The topological polar surface area (TPSA) is 150 Å². The van der Waals surface area contributed by atoms with Gasteiger partial charge in [0.25, 0.3) is 10.0 Å². The minimum atomic E-state index is -4.33. The van der Waals surface area contributed by atoms with Crippen molar-refractivity contribution in [2.75, 3.05) is 44.6 Å². The van der Waals surface area contributed by atoms with Gasteiger partial charge in [0.1, 0.15) is 12.4 Å². The van der Waals surface area contributed by atoms with E-state index in [1.165, 1.54) is 11.4 Å². The van der Waals surface area contributed by atoms with E-state index in [0.717, 1.165) is 27.8 Å². The molecule has 1 fully saturated rings. The fraction of sp³-hybridized carbons (Fsp3) is 0.311. The minimum Gasteiger partial charge on any atom is -0.467 e. The molecule has 5 aromatic rings. The Labute approximate surface area is 338 Å². The van der Waals surface area contributed by atoms with E-state index in [1.807, 2.05) is 56.3 Å². The maximum Gasteiger partial charge on any atom is 0.404 e. The molecular formula is C45H47N3O9S. The lowest BCUT2D eigenvalue weighted by Crippen LogP contribution is -2.41. The summed E-state index contributed by atoms with van der Waals surface area (Å²) in [6, 6.07) is 36.9. The Bertz CT molecular complexity index is 2330. The number of carbonyl (C=O) groups excluding carboxylic acids is 1. The number of benzene rings is 5. The molecule has 5 atom stereocenters. The Balaban J connectivity index is 1.42. The van der Waals surface area contributed by atoms with Gasteiger partial charge in [-0.1, -0.05) is 97.1 Å². The summed E-state index contributed by atoms with van der Waals surface area (Å²) in [6.07, 6.45) is -3.16. The van der Waals surface area contributed by atoms with Crippen LogP contribution in [0.4, 0.5) is 10.5 Å². The molecule has 1 aliphatic carbocycles. The number of hydrogen-bond acceptors (Lipinski definition) is 10. The molecule has 0 spiro atoms. The first-order valence-corrected chi connectivity index (χ1v) is 20.9. The van der Waals surface area contributed by atoms with E-state index in [0.29, 0.717) is 24.3 Å². The summed E-state index contributed by atoms with van der Waals surface area (Å²) in [5.74, 6) is -0.837. The smallest absolute Gasteiger partial charge is 0.404 e. The Morgan fingerprint density at radius 1 is 0.862 bits per heavy atom. The molecule has 1 amide bonds. The van der Waals surface area contributed by atoms with Crippen LogP contribution in [0, 0.1) is 0 Å². The van der Waals surface area contributed by atoms with Crippen LogP contribution in [0.5, 0.6) is 5.75 Å². The van der Waals surface area contributed by atoms with Crippen LogP contribution >= 0.6 is 0 Å². The highest BCUT2D eigenvalue weighted by Gasteiger charge is 2.67. The maximum absolute atomic E-state index is 15.3. The second-order valence-corrected chi connectivity index (χ2v) is 16.3. The van der Waals surface area contributed by atoms with Crippen molar-refractivity contribution in [2.24, 2.45) is 5.73 Å². The normalized spacial score (nSPS) is 21.5. The van der Waals surface area contributed by atoms with Crippen molar-refractivity contribution in [2.45, 2.75) is 54.7 Å². The summed E-state index contributed by atoms with van der Waals surface area (Å²) in [5.41, 5.74) is 10.7. The van der Waals surface area contributed by atoms with Gasteiger partial charge in [-0.25, -0.2) is 13.2 Å². The van der Waals surface area contributed by atoms with Crippen molar-refractivity contribution in [3.05, 3.63) is 149 Å². The molecule has 58 heavy (non-hydrogen) atoms. The molecule has 13 heteroatoms. The van der Waals surface area contributed by atoms with Crippen LogP contribution in [0.3, 0.4) is 0 Å². The van der Waals surface area contributed by atoms with Crippen LogP contribution in [0.15, 0.2) is 126 Å². The van der Waals surface area contributed by atoms with Crippen molar-refractivity contribution in [1.29, 1.82) is 0 Å². The van der Waals surface area contributed by atoms with Crippen molar-refractivity contribution < 1.29 is 42.0 Å². The third kappa shape index (κ3) is 6.61. The van der Waals surface area contributed by atoms with E-state index in [1.54, 1.807) is 42.5 Å². The lowest BCUT2D eigenvalue weighted by molar-refractivity contribution is -0.140. The summed E-state index contributed by atoms with van der Waals surface area (Å²) in [4.78, 5) is 14.7. The van der Waals surface area contributed by atoms with Crippen LogP contribution in [0.2, 0.25) is 0 Å². The lowest BCUT2D eigenvalue weighted by atomic mass is 9.80. The summed E-state index contributed by atoms with van der Waals surface area (Å²) in [7, 11) is -2.86. The first kappa shape index (κ1) is 39.5. The van der Waals surface area contributed by atoms with E-state index in [4.69, 9.17) is 29.4 Å². The zero-order chi connectivity index (χ0) is 40.6. The average Bonchev–Trinajstić information content (AvgIpc) is 3.87. The van der Waals surface area contributed by atoms with Crippen LogP contribution in [0.1, 0.15) is 53.9 Å². The number of amides is 1. The van der Waals surface area contributed by atoms with Gasteiger partial charge in [0.05, 0.1) is 40.7 Å². The predicted molar refractivity (Wildman–Crippen MR) is 218 cm³/mol. The van der Waals surface area contributed by atoms with Gasteiger partial charge in [-0.15, -0.1) is 0 Å². The highest BCUT2D eigenvalue weighted by Crippen LogP contribution is 2.62. The quantitative estimate of drug-likeness (QED) is 0.0939. The number of nitrogens with zero attached hydrogens (tertiary/aromatic N) is 2. The molecule has 0 radical (unpaired) electrons. The highest BCUT2D eigenvalue weighted by atomic mass is 32.2. The fourth-order valence-electron chi connectivity index (χ4n) is 9.10. The first-order chi connectivity index (χ1) is 28.2. The van der Waals surface area contributed by atoms with E-state index in [2.05, 4.69) is 41.3 Å². The molecule has 0 bridgehead atoms. The number of carbonyl (C=O) groups is 1. The number of aliphatic hydroxyl groups excluding tert-OH is 1. The highest BCUT2D eigenvalue weighted by molar-refractivity contribution is 7.92. The summed E-state index contributed by atoms with van der Waals surface area (Å²) < 4.78 is 61.2. The van der Waals surface area contributed by atoms with Crippen molar-refractivity contribution in [3.63, 3.8) is 0 Å². The number of anilines is 1. The molecule has 0 saturated carbocycles. The van der Waals surface area contributed by atoms with E-state index < -0.39 is 52.1 Å². The number of primary amides is 1. The second kappa shape index (κ2) is 16.2. The third-order valence-corrected chi connectivity index (χ3v) is 13.2. The summed E-state index contributed by atoms with van der Waals surface area (Å²) >= 11 is 0. The third-order valence-electron chi connectivity index (χ3n) is 11.4. The van der Waals surface area contributed by atoms with Gasteiger partial charge in [0, 0.05) is 37.5 Å². The Morgan fingerprint density at radius 3 is 2.03 bits per heavy atom. The monoisotopic (exact) mass is 805 g/mol. The molecule has 3 aliphatic rings. The number of sulfonamides is 1. The number of ether oxygens (including phenoxy) is 5. The van der Waals surface area contributed by atoms with Gasteiger partial charge in [-0.2, -0.15) is 0 Å². The van der Waals surface area contributed by atoms with Gasteiger partial charge in [0.15, 0.2) is 13.1 Å². The van der Waals surface area contributed by atoms with Gasteiger partial charge in [0.2, 0.25) is 0 Å². The average molecular weight is 806 g/mol. The van der Waals surface area contributed by atoms with Crippen LogP contribution in [-0.4, -0.2) is 83.0 Å². The van der Waals surface area contributed by atoms with Crippen molar-refractivity contribution in [3.8, 4) is 16.9 Å². The van der Waals surface area contributed by atoms with Crippen LogP contribution in [-0.2, 0) is 34.5 Å². The molecule has 5 aromatic carbocycles. The summed E-state index contributed by atoms with van der Waals surface area (Å²) in [5, 5.41) is 13.0. The van der Waals surface area contributed by atoms with E-state index >= 15 is 8.42 Å². The van der Waals surface area contributed by atoms with Gasteiger partial charge < -0.3 is 34.5 Å². The molecule has 12 nitrogen and oxygen atoms in total. The molecule has 1 saturated heterocycles. The van der Waals surface area contributed by atoms with Crippen LogP contribution < -0.4 is 14.8 Å². The molecule has 8 rings (SSSR count). The van der Waals surface area contributed by atoms with Gasteiger partial charge in [-0.3, -0.25) is 9.21 Å². The molecule has 302 valence electrons. The molecule has 0 aromatic heterocycles. The number of methoxy groups -OCH3 is 1. The SMILES string of the molecule is CCOC(OCC)c1cc(OCOC)c2c(c1)N(S(=O)(=O)c1ccccc1)C[C@H]1[C@@H](C(O)[C@H]2COC(N)=O)N1C1(c2ccccc2)c2ccccc2-c2ccccc21. The van der Waals surface area contributed by atoms with Gasteiger partial charge >= 0.3 is 6.09 Å². The molecular weight excluding hydrogens is 759 g/mol. The summed E-state index contributed by atoms with van der Waals surface area (Å²) in [6.45, 7) is 3.64. The molecule has 3 N–H and O–H groups in total. The number of aliphatic hydroxyl groups is 1. The fourth-order valence-corrected chi connectivity index (χ4v) is 10.6. The van der Waals surface area contributed by atoms with Crippen LogP contribution in [0.25, 0.3) is 11.1 Å². The van der Waals surface area contributed by atoms with Crippen molar-refractivity contribution in [1.82, 2.24) is 4.90 Å². The zero-order valence-corrected chi connectivity index (χ0v) is 33.4. The zero-order valence-electron chi connectivity index (χ0n) is 32.6. The Morgan fingerprint density at radius 2 is 1.45 bits per heavy atom. The molecule has 2 heterocycles. The largest absolute Gasteiger partial charge is 0.467 e. The predicted octanol–water partition coefficient (Wildman–Crippen LogP) is 6.51. The number of fused-ring (bicyclic) bond motifs is 5. The Hall–Kier alpha value is -5.28. The van der Waals surface area contributed by atoms with Crippen molar-refractivity contribution >= 4 is 21.8 Å². The Kier molecular flexibility index (Phi) is 11.0. The molecule has 2 aliphatic heterocycles. The van der Waals surface area contributed by atoms with E-state index in [9.17, 15) is 9.90 Å². The number of rotatable bonds is 14. The second-order valence-electron chi connectivity index (χ2n) is 14.5. The number of nitrogens with two attached hydrogens (primary N) is 1. The van der Waals surface area contributed by atoms with E-state index in [-0.39, 0.29) is 36.3 Å². The number of hydrogen-bond donors (Lipinski definition) is 2. The van der Waals surface area contributed by atoms with Gasteiger partial charge in [-0.05, 0) is 65.9 Å². The minimum absolute atomic E-state index is 0.0601. The lowest BCUT2D eigenvalue weighted by Gasteiger charge is -2.36. The maximum atomic E-state index is 15.3. The standard InChI is InChI=1S/C45H47N3O9S/c1-4-54-43(55-5-2)29-24-37-40(39(25-29)57-28-53-3)34(27-56-44(46)50)42(49)41-38(26-47(37)58(51,52)31-18-10-7-11-19-31)48(41)45(30-16-8-6-9-17-30)35-22-14-12-20-32(35)33-21-13-15-23-36(33)45/h6-25,34,38,41-43,49H,4-5,26-28H2,1-3H3,(H2,46,50)/t34-,38-,41-,42?,48?/m0/s1. The molecule has 2 unspecified atom stereocenters.